The molecule has 2 saturated heterocycles. The first kappa shape index (κ1) is 25.9. The molecule has 37 heavy (non-hydrogen) atoms. The lowest BCUT2D eigenvalue weighted by Crippen LogP contribution is -2.70. The van der Waals surface area contributed by atoms with Gasteiger partial charge in [0, 0.05) is 29.3 Å². The molecule has 0 bridgehead atoms. The molecule has 0 aromatic heterocycles. The Hall–Kier alpha value is -2.72. The quantitative estimate of drug-likeness (QED) is 0.296. The number of likely N-dealkylation sites (tertiary alicyclic amines) is 1. The Morgan fingerprint density at radius 2 is 1.89 bits per heavy atom. The van der Waals surface area contributed by atoms with E-state index in [9.17, 15) is 24.3 Å². The van der Waals surface area contributed by atoms with E-state index in [1.54, 1.807) is 6.08 Å². The largest absolute Gasteiger partial charge is 0.477 e. The molecule has 3 heterocycles. The zero-order valence-corrected chi connectivity index (χ0v) is 22.2. The number of amides is 3. The predicted molar refractivity (Wildman–Crippen MR) is 143 cm³/mol. The van der Waals surface area contributed by atoms with Crippen LogP contribution in [0, 0.1) is 5.92 Å². The Balaban J connectivity index is 1.23. The van der Waals surface area contributed by atoms with Gasteiger partial charge in [0.1, 0.15) is 17.1 Å². The van der Waals surface area contributed by atoms with Gasteiger partial charge in [-0.05, 0) is 49.0 Å². The van der Waals surface area contributed by atoms with Gasteiger partial charge in [-0.2, -0.15) is 0 Å². The molecule has 1 aliphatic carbocycles. The van der Waals surface area contributed by atoms with E-state index in [0.717, 1.165) is 24.3 Å². The molecule has 5 rings (SSSR count). The first-order chi connectivity index (χ1) is 17.9. The van der Waals surface area contributed by atoms with Gasteiger partial charge in [0.2, 0.25) is 11.8 Å². The monoisotopic (exact) mass is 541 g/mol. The van der Waals surface area contributed by atoms with Crippen molar-refractivity contribution in [1.29, 1.82) is 0 Å². The van der Waals surface area contributed by atoms with Crippen molar-refractivity contribution in [2.75, 3.05) is 24.6 Å². The Morgan fingerprint density at radius 1 is 1.14 bits per heavy atom. The van der Waals surface area contributed by atoms with E-state index in [0.29, 0.717) is 35.8 Å². The van der Waals surface area contributed by atoms with Crippen LogP contribution in [-0.2, 0) is 19.2 Å². The van der Waals surface area contributed by atoms with E-state index in [-0.39, 0.29) is 23.3 Å². The minimum Gasteiger partial charge on any atom is -0.477 e. The van der Waals surface area contributed by atoms with Crippen LogP contribution in [0.2, 0.25) is 0 Å². The lowest BCUT2D eigenvalue weighted by Gasteiger charge is -2.49. The predicted octanol–water partition coefficient (Wildman–Crippen LogP) is 3.26. The maximum absolute atomic E-state index is 13.0. The summed E-state index contributed by atoms with van der Waals surface area (Å²) >= 11 is 2.80. The summed E-state index contributed by atoms with van der Waals surface area (Å²) in [6.45, 7) is 1.43. The van der Waals surface area contributed by atoms with Crippen LogP contribution in [0.3, 0.4) is 0 Å². The zero-order valence-electron chi connectivity index (χ0n) is 20.6. The van der Waals surface area contributed by atoms with Crippen LogP contribution >= 0.6 is 23.5 Å². The smallest absolute Gasteiger partial charge is 0.352 e. The first-order valence-electron chi connectivity index (χ1n) is 12.8. The average Bonchev–Trinajstić information content (AvgIpc) is 3.25. The van der Waals surface area contributed by atoms with Gasteiger partial charge in [0.25, 0.3) is 5.91 Å². The Morgan fingerprint density at radius 3 is 2.62 bits per heavy atom. The summed E-state index contributed by atoms with van der Waals surface area (Å²) in [5.41, 5.74) is 1.01. The number of nitrogens with one attached hydrogen (secondary N) is 1. The molecule has 0 radical (unpaired) electrons. The maximum atomic E-state index is 13.0. The first-order valence-corrected chi connectivity index (χ1v) is 14.8. The highest BCUT2D eigenvalue weighted by atomic mass is 32.2. The minimum absolute atomic E-state index is 0.0223. The Kier molecular flexibility index (Phi) is 7.95. The van der Waals surface area contributed by atoms with E-state index in [2.05, 4.69) is 5.32 Å². The van der Waals surface area contributed by atoms with Gasteiger partial charge in [0.05, 0.1) is 5.75 Å². The fraction of sp³-hybridized carbons (Fsp3) is 0.481. The molecule has 1 aromatic carbocycles. The molecule has 2 N–H and O–H groups in total. The molecule has 0 spiro atoms. The molecule has 3 fully saturated rings. The number of carbonyl (C=O) groups excluding carboxylic acids is 3. The second-order valence-corrected chi connectivity index (χ2v) is 12.1. The van der Waals surface area contributed by atoms with Gasteiger partial charge >= 0.3 is 5.97 Å². The fourth-order valence-electron chi connectivity index (χ4n) is 5.50. The lowest BCUT2D eigenvalue weighted by molar-refractivity contribution is -0.150. The molecule has 3 amide bonds. The highest BCUT2D eigenvalue weighted by Gasteiger charge is 2.54. The number of hydrogen-bond acceptors (Lipinski definition) is 6. The number of nitrogens with zero attached hydrogens (tertiary/aromatic N) is 2. The Labute approximate surface area is 224 Å². The van der Waals surface area contributed by atoms with Crippen molar-refractivity contribution in [3.05, 3.63) is 53.3 Å². The number of carboxylic acid groups (broad SMARTS) is 1. The van der Waals surface area contributed by atoms with Crippen LogP contribution in [0.1, 0.15) is 38.5 Å². The molecule has 8 nitrogen and oxygen atoms in total. The van der Waals surface area contributed by atoms with Gasteiger partial charge in [-0.15, -0.1) is 23.5 Å². The SMILES string of the molecule is O=C(CSc1ccccc1)N[C@@H]1C(=O)N2C(C(=O)O)=C(C=C3CCN(CC4CCCCC4)C3=O)CS[C@H]12. The molecule has 3 aliphatic heterocycles. The zero-order chi connectivity index (χ0) is 25.9. The van der Waals surface area contributed by atoms with Gasteiger partial charge in [-0.25, -0.2) is 4.79 Å². The molecular weight excluding hydrogens is 510 g/mol. The molecule has 1 aromatic rings. The topological polar surface area (TPSA) is 107 Å². The summed E-state index contributed by atoms with van der Waals surface area (Å²) in [7, 11) is 0. The number of carbonyl (C=O) groups is 4. The van der Waals surface area contributed by atoms with Crippen LogP contribution < -0.4 is 5.32 Å². The van der Waals surface area contributed by atoms with Crippen LogP contribution in [0.15, 0.2) is 58.1 Å². The van der Waals surface area contributed by atoms with Crippen molar-refractivity contribution >= 4 is 47.2 Å². The van der Waals surface area contributed by atoms with Crippen molar-refractivity contribution in [3.63, 3.8) is 0 Å². The number of fused-ring (bicyclic) bond motifs is 1. The molecule has 10 heteroatoms. The minimum atomic E-state index is -1.19. The third kappa shape index (κ3) is 5.60. The third-order valence-electron chi connectivity index (χ3n) is 7.39. The summed E-state index contributed by atoms with van der Waals surface area (Å²) in [5.74, 6) is -0.834. The van der Waals surface area contributed by atoms with Crippen molar-refractivity contribution in [2.45, 2.75) is 54.8 Å². The van der Waals surface area contributed by atoms with Crippen molar-refractivity contribution in [2.24, 2.45) is 5.92 Å². The number of hydrogen-bond donors (Lipinski definition) is 2. The van der Waals surface area contributed by atoms with Crippen LogP contribution in [0.4, 0.5) is 0 Å². The number of carboxylic acids is 1. The van der Waals surface area contributed by atoms with Crippen molar-refractivity contribution < 1.29 is 24.3 Å². The average molecular weight is 542 g/mol. The number of benzene rings is 1. The summed E-state index contributed by atoms with van der Waals surface area (Å²) in [6, 6.07) is 8.76. The summed E-state index contributed by atoms with van der Waals surface area (Å²) in [6.07, 6.45) is 8.31. The highest BCUT2D eigenvalue weighted by Crippen LogP contribution is 2.41. The number of aliphatic carboxylic acids is 1. The van der Waals surface area contributed by atoms with Gasteiger partial charge < -0.3 is 15.3 Å². The maximum Gasteiger partial charge on any atom is 0.352 e. The van der Waals surface area contributed by atoms with Crippen LogP contribution in [0.5, 0.6) is 0 Å². The van der Waals surface area contributed by atoms with E-state index < -0.39 is 23.3 Å². The number of β-lactam (4-membered cyclic amide) rings is 1. The van der Waals surface area contributed by atoms with Crippen molar-refractivity contribution in [1.82, 2.24) is 15.1 Å². The highest BCUT2D eigenvalue weighted by molar-refractivity contribution is 8.00. The fourth-order valence-corrected chi connectivity index (χ4v) is 7.54. The van der Waals surface area contributed by atoms with Crippen LogP contribution in [-0.4, -0.2) is 74.6 Å². The van der Waals surface area contributed by atoms with Gasteiger partial charge in [0.15, 0.2) is 0 Å². The lowest BCUT2D eigenvalue weighted by atomic mass is 9.89. The molecule has 1 saturated carbocycles. The Bertz CT molecular complexity index is 1150. The van der Waals surface area contributed by atoms with E-state index in [1.807, 2.05) is 35.2 Å². The normalized spacial score (nSPS) is 25.4. The standard InChI is InChI=1S/C27H31N3O5S2/c31-21(16-36-20-9-5-2-6-10-20)28-22-25(33)30-23(27(34)35)19(15-37-26(22)30)13-18-11-12-29(24(18)32)14-17-7-3-1-4-8-17/h2,5-6,9-10,13,17,22,26H,1,3-4,7-8,11-12,14-16H2,(H,28,31)(H,34,35)/t22-,26-/m1/s1. The summed E-state index contributed by atoms with van der Waals surface area (Å²) in [4.78, 5) is 54.8. The van der Waals surface area contributed by atoms with Gasteiger partial charge in [-0.1, -0.05) is 37.5 Å². The molecule has 4 aliphatic rings. The molecular formula is C27H31N3O5S2. The third-order valence-corrected chi connectivity index (χ3v) is 9.71. The van der Waals surface area contributed by atoms with E-state index in [4.69, 9.17) is 0 Å². The van der Waals surface area contributed by atoms with E-state index in [1.165, 1.54) is 47.7 Å². The summed E-state index contributed by atoms with van der Waals surface area (Å²) < 4.78 is 0. The van der Waals surface area contributed by atoms with Crippen LogP contribution in [0.25, 0.3) is 0 Å². The summed E-state index contributed by atoms with van der Waals surface area (Å²) in [5, 5.41) is 12.3. The second kappa shape index (κ2) is 11.3. The molecule has 196 valence electrons. The van der Waals surface area contributed by atoms with E-state index >= 15 is 0 Å². The van der Waals surface area contributed by atoms with Gasteiger partial charge in [-0.3, -0.25) is 19.3 Å². The molecule has 2 atom stereocenters. The van der Waals surface area contributed by atoms with Crippen molar-refractivity contribution in [3.8, 4) is 0 Å². The number of rotatable bonds is 8. The second-order valence-electron chi connectivity index (χ2n) is 9.91. The number of allylic oxidation sites excluding steroid dienone is 1. The molecule has 0 unspecified atom stereocenters. The number of thioether (sulfide) groups is 2.